The van der Waals surface area contributed by atoms with Crippen LogP contribution in [0.5, 0.6) is 0 Å². The van der Waals surface area contributed by atoms with E-state index in [4.69, 9.17) is 11.6 Å². The molecule has 0 aliphatic heterocycles. The normalized spacial score (nSPS) is 11.7. The molecule has 0 bridgehead atoms. The molecule has 0 amide bonds. The number of hydrogen-bond donors (Lipinski definition) is 1. The molecule has 8 heteroatoms. The van der Waals surface area contributed by atoms with Gasteiger partial charge in [-0.25, -0.2) is 4.79 Å². The Balaban J connectivity index is 2.21. The average molecular weight is 344 g/mol. The van der Waals surface area contributed by atoms with E-state index in [-0.39, 0.29) is 0 Å². The van der Waals surface area contributed by atoms with Gasteiger partial charge >= 0.3 is 5.69 Å². The molecule has 0 fully saturated rings. The van der Waals surface area contributed by atoms with E-state index in [1.165, 1.54) is 4.57 Å². The van der Waals surface area contributed by atoms with Crippen molar-refractivity contribution in [2.45, 2.75) is 13.8 Å². The summed E-state index contributed by atoms with van der Waals surface area (Å²) in [5, 5.41) is 0.653. The summed E-state index contributed by atoms with van der Waals surface area (Å²) < 4.78 is 4.95. The molecule has 0 saturated carbocycles. The highest BCUT2D eigenvalue weighted by molar-refractivity contribution is 6.31. The molecule has 7 nitrogen and oxygen atoms in total. The minimum Gasteiger partial charge on any atom is -0.283 e. The van der Waals surface area contributed by atoms with Crippen LogP contribution < -0.4 is 11.2 Å². The fourth-order valence-corrected chi connectivity index (χ4v) is 3.18. The Bertz CT molecular complexity index is 1240. The van der Waals surface area contributed by atoms with E-state index in [1.54, 1.807) is 11.4 Å². The molecule has 0 spiro atoms. The SMILES string of the molecule is Cc1c(Cl)cccc1-n1c(C)cn2c3c(=O)[nH]c(=O)n(C)c3nc12. The summed E-state index contributed by atoms with van der Waals surface area (Å²) in [6, 6.07) is 5.63. The molecule has 1 N–H and O–H groups in total. The van der Waals surface area contributed by atoms with Crippen molar-refractivity contribution < 1.29 is 0 Å². The number of benzene rings is 1. The third-order valence-electron chi connectivity index (χ3n) is 4.28. The van der Waals surface area contributed by atoms with Gasteiger partial charge in [-0.1, -0.05) is 17.7 Å². The largest absolute Gasteiger partial charge is 0.329 e. The van der Waals surface area contributed by atoms with Crippen LogP contribution in [0, 0.1) is 13.8 Å². The number of nitrogens with one attached hydrogen (secondary N) is 1. The average Bonchev–Trinajstić information content (AvgIpc) is 3.03. The maximum Gasteiger partial charge on any atom is 0.329 e. The monoisotopic (exact) mass is 343 g/mol. The summed E-state index contributed by atoms with van der Waals surface area (Å²) in [5.41, 5.74) is 2.43. The van der Waals surface area contributed by atoms with Crippen molar-refractivity contribution in [2.24, 2.45) is 7.05 Å². The Morgan fingerprint density at radius 2 is 1.96 bits per heavy atom. The van der Waals surface area contributed by atoms with Gasteiger partial charge in [-0.3, -0.25) is 23.3 Å². The second kappa shape index (κ2) is 4.85. The minimum atomic E-state index is -0.490. The Hall–Kier alpha value is -2.80. The molecule has 4 aromatic rings. The highest BCUT2D eigenvalue weighted by atomic mass is 35.5. The zero-order chi connectivity index (χ0) is 17.2. The minimum absolute atomic E-state index is 0.340. The van der Waals surface area contributed by atoms with Gasteiger partial charge in [0, 0.05) is 24.0 Å². The lowest BCUT2D eigenvalue weighted by molar-refractivity contribution is 0.831. The summed E-state index contributed by atoms with van der Waals surface area (Å²) in [5.74, 6) is 0.555. The van der Waals surface area contributed by atoms with Crippen molar-refractivity contribution in [3.63, 3.8) is 0 Å². The summed E-state index contributed by atoms with van der Waals surface area (Å²) in [7, 11) is 1.58. The summed E-state index contributed by atoms with van der Waals surface area (Å²) >= 11 is 6.24. The number of imidazole rings is 2. The quantitative estimate of drug-likeness (QED) is 0.573. The van der Waals surface area contributed by atoms with Gasteiger partial charge in [0.15, 0.2) is 11.2 Å². The lowest BCUT2D eigenvalue weighted by atomic mass is 10.2. The van der Waals surface area contributed by atoms with Gasteiger partial charge < -0.3 is 0 Å². The number of aryl methyl sites for hydroxylation is 2. The number of nitrogens with zero attached hydrogens (tertiary/aromatic N) is 4. The van der Waals surface area contributed by atoms with Gasteiger partial charge in [0.25, 0.3) is 5.56 Å². The first kappa shape index (κ1) is 14.8. The lowest BCUT2D eigenvalue weighted by Crippen LogP contribution is -2.28. The van der Waals surface area contributed by atoms with Crippen molar-refractivity contribution in [1.82, 2.24) is 23.5 Å². The number of H-pyrrole nitrogens is 1. The molecule has 0 aliphatic carbocycles. The van der Waals surface area contributed by atoms with Gasteiger partial charge in [0.05, 0.1) is 5.69 Å². The van der Waals surface area contributed by atoms with Crippen molar-refractivity contribution in [3.05, 3.63) is 61.5 Å². The molecular weight excluding hydrogens is 330 g/mol. The molecule has 1 aromatic carbocycles. The number of fused-ring (bicyclic) bond motifs is 3. The van der Waals surface area contributed by atoms with Crippen LogP contribution in [0.2, 0.25) is 5.02 Å². The van der Waals surface area contributed by atoms with Crippen molar-refractivity contribution in [1.29, 1.82) is 0 Å². The first-order valence-electron chi connectivity index (χ1n) is 7.35. The number of rotatable bonds is 1. The van der Waals surface area contributed by atoms with E-state index in [1.807, 2.05) is 42.8 Å². The summed E-state index contributed by atoms with van der Waals surface area (Å²) in [6.45, 7) is 3.86. The lowest BCUT2D eigenvalue weighted by Gasteiger charge is -2.10. The van der Waals surface area contributed by atoms with E-state index in [2.05, 4.69) is 9.97 Å². The number of hydrogen-bond acceptors (Lipinski definition) is 3. The Morgan fingerprint density at radius 1 is 1.21 bits per heavy atom. The van der Waals surface area contributed by atoms with Gasteiger partial charge in [0.1, 0.15) is 0 Å². The first-order valence-corrected chi connectivity index (χ1v) is 7.73. The molecule has 4 rings (SSSR count). The van der Waals surface area contributed by atoms with Gasteiger partial charge in [-0.15, -0.1) is 0 Å². The van der Waals surface area contributed by atoms with E-state index in [9.17, 15) is 9.59 Å². The molecule has 0 radical (unpaired) electrons. The van der Waals surface area contributed by atoms with Crippen molar-refractivity contribution >= 4 is 28.5 Å². The Morgan fingerprint density at radius 3 is 2.71 bits per heavy atom. The highest BCUT2D eigenvalue weighted by Gasteiger charge is 2.19. The molecule has 0 atom stereocenters. The molecule has 3 heterocycles. The zero-order valence-electron chi connectivity index (χ0n) is 13.3. The van der Waals surface area contributed by atoms with Gasteiger partial charge in [-0.05, 0) is 31.5 Å². The molecule has 0 saturated heterocycles. The summed E-state index contributed by atoms with van der Waals surface area (Å²) in [6.07, 6.45) is 1.82. The van der Waals surface area contributed by atoms with Crippen molar-refractivity contribution in [3.8, 4) is 5.69 Å². The van der Waals surface area contributed by atoms with Crippen LogP contribution in [-0.2, 0) is 7.05 Å². The predicted octanol–water partition coefficient (Wildman–Crippen LogP) is 1.94. The molecular formula is C16H14ClN5O2. The second-order valence-corrected chi connectivity index (χ2v) is 6.17. The fourth-order valence-electron chi connectivity index (χ4n) is 3.01. The van der Waals surface area contributed by atoms with Crippen LogP contribution in [0.25, 0.3) is 22.6 Å². The molecule has 122 valence electrons. The predicted molar refractivity (Wildman–Crippen MR) is 92.4 cm³/mol. The van der Waals surface area contributed by atoms with Crippen LogP contribution in [0.15, 0.2) is 34.0 Å². The topological polar surface area (TPSA) is 77.1 Å². The van der Waals surface area contributed by atoms with Crippen LogP contribution >= 0.6 is 11.6 Å². The third kappa shape index (κ3) is 1.81. The number of halogens is 1. The first-order chi connectivity index (χ1) is 11.4. The number of aromatic nitrogens is 5. The van der Waals surface area contributed by atoms with Gasteiger partial charge in [0.2, 0.25) is 5.78 Å². The Kier molecular flexibility index (Phi) is 2.98. The summed E-state index contributed by atoms with van der Waals surface area (Å²) in [4.78, 5) is 30.9. The van der Waals surface area contributed by atoms with E-state index in [0.29, 0.717) is 22.0 Å². The molecule has 0 aliphatic rings. The molecule has 24 heavy (non-hydrogen) atoms. The van der Waals surface area contributed by atoms with Crippen LogP contribution in [0.1, 0.15) is 11.3 Å². The Labute approximate surface area is 140 Å². The highest BCUT2D eigenvalue weighted by Crippen LogP contribution is 2.26. The van der Waals surface area contributed by atoms with Crippen LogP contribution in [0.3, 0.4) is 0 Å². The molecule has 3 aromatic heterocycles. The second-order valence-electron chi connectivity index (χ2n) is 5.76. The van der Waals surface area contributed by atoms with Gasteiger partial charge in [-0.2, -0.15) is 4.98 Å². The fraction of sp³-hybridized carbons (Fsp3) is 0.188. The smallest absolute Gasteiger partial charge is 0.283 e. The van der Waals surface area contributed by atoms with E-state index < -0.39 is 11.2 Å². The van der Waals surface area contributed by atoms with Crippen LogP contribution in [-0.4, -0.2) is 23.5 Å². The van der Waals surface area contributed by atoms with E-state index in [0.717, 1.165) is 16.9 Å². The maximum atomic E-state index is 12.2. The maximum absolute atomic E-state index is 12.2. The van der Waals surface area contributed by atoms with E-state index >= 15 is 0 Å². The zero-order valence-corrected chi connectivity index (χ0v) is 14.0. The third-order valence-corrected chi connectivity index (χ3v) is 4.69. The number of aromatic amines is 1. The van der Waals surface area contributed by atoms with Crippen LogP contribution in [0.4, 0.5) is 0 Å². The molecule has 0 unspecified atom stereocenters. The standard InChI is InChI=1S/C16H14ClN5O2/c1-8-7-21-12-13(20(3)16(24)19-14(12)23)18-15(21)22(8)11-6-4-5-10(17)9(11)2/h4-7H,1-3H3,(H,19,23,24). The van der Waals surface area contributed by atoms with Crippen molar-refractivity contribution in [2.75, 3.05) is 0 Å².